The van der Waals surface area contributed by atoms with E-state index in [4.69, 9.17) is 29.6 Å². The quantitative estimate of drug-likeness (QED) is 0.819. The molecule has 0 aromatic heterocycles. The first kappa shape index (κ1) is 15.5. The van der Waals surface area contributed by atoms with Gasteiger partial charge in [-0.2, -0.15) is 0 Å². The number of piperidine rings is 1. The number of hydrogen-bond donors (Lipinski definition) is 2. The van der Waals surface area contributed by atoms with Crippen molar-refractivity contribution in [1.82, 2.24) is 4.90 Å². The first-order valence-corrected chi connectivity index (χ1v) is 7.97. The Hall–Kier alpha value is -0.840. The molecule has 0 aliphatic carbocycles. The van der Waals surface area contributed by atoms with Crippen LogP contribution in [0.25, 0.3) is 0 Å². The van der Waals surface area contributed by atoms with Gasteiger partial charge in [-0.25, -0.2) is 0 Å². The fourth-order valence-corrected chi connectivity index (χ4v) is 3.04. The molecule has 1 aliphatic heterocycles. The second-order valence-corrected chi connectivity index (χ2v) is 6.19. The van der Waals surface area contributed by atoms with Crippen molar-refractivity contribution in [3.05, 3.63) is 28.8 Å². The molecule has 1 saturated heterocycles. The van der Waals surface area contributed by atoms with E-state index in [9.17, 15) is 0 Å². The molecule has 0 bridgehead atoms. The molecule has 20 heavy (non-hydrogen) atoms. The van der Waals surface area contributed by atoms with Crippen molar-refractivity contribution in [3.8, 4) is 0 Å². The van der Waals surface area contributed by atoms with Crippen molar-refractivity contribution in [2.45, 2.75) is 32.2 Å². The number of halogens is 1. The van der Waals surface area contributed by atoms with Crippen molar-refractivity contribution in [1.29, 1.82) is 0 Å². The number of anilines is 1. The highest BCUT2D eigenvalue weighted by Gasteiger charge is 2.19. The Labute approximate surface area is 131 Å². The third-order valence-electron chi connectivity index (χ3n) is 3.73. The predicted octanol–water partition coefficient (Wildman–Crippen LogP) is 3.26. The van der Waals surface area contributed by atoms with Crippen LogP contribution >= 0.6 is 23.8 Å². The smallest absolute Gasteiger partial charge is 0.106 e. The average Bonchev–Trinajstić information content (AvgIpc) is 2.41. The van der Waals surface area contributed by atoms with Gasteiger partial charge in [-0.1, -0.05) is 30.7 Å². The third kappa shape index (κ3) is 4.08. The molecule has 3 N–H and O–H groups in total. The summed E-state index contributed by atoms with van der Waals surface area (Å²) in [6.45, 7) is 5.72. The van der Waals surface area contributed by atoms with Crippen LogP contribution in [-0.4, -0.2) is 35.6 Å². The Morgan fingerprint density at radius 1 is 1.45 bits per heavy atom. The van der Waals surface area contributed by atoms with Gasteiger partial charge in [-0.05, 0) is 44.0 Å². The highest BCUT2D eigenvalue weighted by Crippen LogP contribution is 2.24. The highest BCUT2D eigenvalue weighted by atomic mass is 35.5. The molecule has 2 rings (SSSR count). The molecule has 1 aromatic rings. The molecule has 1 aromatic carbocycles. The maximum Gasteiger partial charge on any atom is 0.106 e. The summed E-state index contributed by atoms with van der Waals surface area (Å²) in [4.78, 5) is 2.93. The lowest BCUT2D eigenvalue weighted by Gasteiger charge is -2.33. The first-order chi connectivity index (χ1) is 9.60. The van der Waals surface area contributed by atoms with Crippen LogP contribution in [0, 0.1) is 0 Å². The summed E-state index contributed by atoms with van der Waals surface area (Å²) in [6.07, 6.45) is 3.50. The lowest BCUT2D eigenvalue weighted by Crippen LogP contribution is -2.39. The Morgan fingerprint density at radius 2 is 2.15 bits per heavy atom. The standard InChI is InChI=1S/C15H22ClN3S/c1-2-7-19-8-5-12(6-9-19)18-14-10-11(16)3-4-13(14)15(17)20/h3-4,10,12,18H,2,5-9H2,1H3,(H2,17,20). The van der Waals surface area contributed by atoms with Gasteiger partial charge in [0.05, 0.1) is 0 Å². The monoisotopic (exact) mass is 311 g/mol. The van der Waals surface area contributed by atoms with Gasteiger partial charge in [-0.15, -0.1) is 0 Å². The van der Waals surface area contributed by atoms with Crippen molar-refractivity contribution in [2.75, 3.05) is 25.0 Å². The van der Waals surface area contributed by atoms with E-state index in [1.54, 1.807) is 0 Å². The zero-order chi connectivity index (χ0) is 14.5. The van der Waals surface area contributed by atoms with Crippen LogP contribution in [0.15, 0.2) is 18.2 Å². The molecule has 0 saturated carbocycles. The molecule has 0 radical (unpaired) electrons. The van der Waals surface area contributed by atoms with Crippen LogP contribution in [0.4, 0.5) is 5.69 Å². The van der Waals surface area contributed by atoms with Crippen LogP contribution in [0.2, 0.25) is 5.02 Å². The molecule has 110 valence electrons. The molecule has 1 aliphatic rings. The summed E-state index contributed by atoms with van der Waals surface area (Å²) in [5, 5.41) is 4.26. The second kappa shape index (κ2) is 7.25. The van der Waals surface area contributed by atoms with Crippen LogP contribution < -0.4 is 11.1 Å². The maximum absolute atomic E-state index is 6.07. The molecular weight excluding hydrogens is 290 g/mol. The Bertz CT molecular complexity index is 470. The topological polar surface area (TPSA) is 41.3 Å². The summed E-state index contributed by atoms with van der Waals surface area (Å²) >= 11 is 11.2. The maximum atomic E-state index is 6.07. The molecular formula is C15H22ClN3S. The van der Waals surface area contributed by atoms with E-state index < -0.39 is 0 Å². The third-order valence-corrected chi connectivity index (χ3v) is 4.19. The molecule has 5 heteroatoms. The highest BCUT2D eigenvalue weighted by molar-refractivity contribution is 7.80. The van der Waals surface area contributed by atoms with Crippen LogP contribution in [0.3, 0.4) is 0 Å². The number of nitrogens with zero attached hydrogens (tertiary/aromatic N) is 1. The fourth-order valence-electron chi connectivity index (χ4n) is 2.69. The largest absolute Gasteiger partial charge is 0.389 e. The zero-order valence-electron chi connectivity index (χ0n) is 11.9. The number of benzene rings is 1. The van der Waals surface area contributed by atoms with Crippen LogP contribution in [0.1, 0.15) is 31.7 Å². The molecule has 0 unspecified atom stereocenters. The van der Waals surface area contributed by atoms with E-state index in [-0.39, 0.29) is 0 Å². The fraction of sp³-hybridized carbons (Fsp3) is 0.533. The van der Waals surface area contributed by atoms with Gasteiger partial charge < -0.3 is 16.0 Å². The van der Waals surface area contributed by atoms with Crippen molar-refractivity contribution in [3.63, 3.8) is 0 Å². The van der Waals surface area contributed by atoms with Gasteiger partial charge in [0.1, 0.15) is 4.99 Å². The molecule has 1 heterocycles. The number of likely N-dealkylation sites (tertiary alicyclic amines) is 1. The Kier molecular flexibility index (Phi) is 5.64. The number of nitrogens with two attached hydrogens (primary N) is 1. The Balaban J connectivity index is 2.00. The number of rotatable bonds is 5. The van der Waals surface area contributed by atoms with Crippen LogP contribution in [0.5, 0.6) is 0 Å². The average molecular weight is 312 g/mol. The van der Waals surface area contributed by atoms with Crippen LogP contribution in [-0.2, 0) is 0 Å². The molecule has 0 amide bonds. The number of nitrogens with one attached hydrogen (secondary N) is 1. The number of thiocarbonyl (C=S) groups is 1. The summed E-state index contributed by atoms with van der Waals surface area (Å²) < 4.78 is 0. The summed E-state index contributed by atoms with van der Waals surface area (Å²) in [5.41, 5.74) is 7.60. The summed E-state index contributed by atoms with van der Waals surface area (Å²) in [7, 11) is 0. The van der Waals surface area contributed by atoms with Gasteiger partial charge in [0.2, 0.25) is 0 Å². The molecule has 0 atom stereocenters. The predicted molar refractivity (Wildman–Crippen MR) is 90.7 cm³/mol. The normalized spacial score (nSPS) is 17.1. The zero-order valence-corrected chi connectivity index (χ0v) is 13.4. The van der Waals surface area contributed by atoms with Gasteiger partial charge in [0.15, 0.2) is 0 Å². The summed E-state index contributed by atoms with van der Waals surface area (Å²) in [6, 6.07) is 6.09. The van der Waals surface area contributed by atoms with E-state index >= 15 is 0 Å². The lowest BCUT2D eigenvalue weighted by molar-refractivity contribution is 0.219. The van der Waals surface area contributed by atoms with Gasteiger partial charge in [0, 0.05) is 35.4 Å². The van der Waals surface area contributed by atoms with E-state index in [2.05, 4.69) is 17.1 Å². The Morgan fingerprint density at radius 3 is 2.75 bits per heavy atom. The minimum absolute atomic E-state index is 0.410. The minimum atomic E-state index is 0.410. The van der Waals surface area contributed by atoms with Crippen molar-refractivity contribution >= 4 is 34.5 Å². The van der Waals surface area contributed by atoms with E-state index in [1.165, 1.54) is 13.0 Å². The molecule has 0 spiro atoms. The van der Waals surface area contributed by atoms with E-state index in [0.29, 0.717) is 16.1 Å². The van der Waals surface area contributed by atoms with E-state index in [0.717, 1.165) is 37.2 Å². The molecule has 1 fully saturated rings. The van der Waals surface area contributed by atoms with Crippen molar-refractivity contribution < 1.29 is 0 Å². The SMILES string of the molecule is CCCN1CCC(Nc2cc(Cl)ccc2C(N)=S)CC1. The van der Waals surface area contributed by atoms with Crippen molar-refractivity contribution in [2.24, 2.45) is 5.73 Å². The summed E-state index contributed by atoms with van der Waals surface area (Å²) in [5.74, 6) is 0. The van der Waals surface area contributed by atoms with E-state index in [1.807, 2.05) is 18.2 Å². The molecule has 3 nitrogen and oxygen atoms in total. The van der Waals surface area contributed by atoms with Gasteiger partial charge in [0.25, 0.3) is 0 Å². The minimum Gasteiger partial charge on any atom is -0.389 e. The second-order valence-electron chi connectivity index (χ2n) is 5.31. The number of hydrogen-bond acceptors (Lipinski definition) is 3. The van der Waals surface area contributed by atoms with Gasteiger partial charge >= 0.3 is 0 Å². The lowest BCUT2D eigenvalue weighted by atomic mass is 10.0. The van der Waals surface area contributed by atoms with Gasteiger partial charge in [-0.3, -0.25) is 0 Å². The first-order valence-electron chi connectivity index (χ1n) is 7.18.